The number of fused-ring (bicyclic) bond motifs is 5. The van der Waals surface area contributed by atoms with Gasteiger partial charge in [-0.2, -0.15) is 0 Å². The first-order valence-electron chi connectivity index (χ1n) is 9.91. The van der Waals surface area contributed by atoms with E-state index in [1.165, 1.54) is 16.8 Å². The highest BCUT2D eigenvalue weighted by Gasteiger charge is 2.36. The molecule has 5 heterocycles. The summed E-state index contributed by atoms with van der Waals surface area (Å²) in [6.07, 6.45) is 3.04. The number of carbonyl (C=O) groups excluding carboxylic acids is 1. The molecule has 156 valence electrons. The molecule has 3 aromatic rings. The maximum atomic E-state index is 14.5. The SMILES string of the molecule is C[C@H]1CCc2ncc(F)cc2C2C[C@@H](F)CN2c2ccn3nc(N)c(c3n2)C(=O)N1. The van der Waals surface area contributed by atoms with E-state index in [0.717, 1.165) is 0 Å². The Labute approximate surface area is 171 Å². The van der Waals surface area contributed by atoms with Gasteiger partial charge < -0.3 is 16.0 Å². The number of alkyl halides is 1. The molecule has 0 saturated carbocycles. The van der Waals surface area contributed by atoms with E-state index < -0.39 is 18.0 Å². The fourth-order valence-corrected chi connectivity index (χ4v) is 4.35. The van der Waals surface area contributed by atoms with Crippen LogP contribution in [0, 0.1) is 5.82 Å². The van der Waals surface area contributed by atoms with Gasteiger partial charge in [0.25, 0.3) is 5.91 Å². The van der Waals surface area contributed by atoms with E-state index in [1.54, 1.807) is 17.2 Å². The largest absolute Gasteiger partial charge is 0.381 e. The number of aryl methyl sites for hydroxylation is 1. The van der Waals surface area contributed by atoms with Crippen LogP contribution in [0.2, 0.25) is 0 Å². The first-order valence-corrected chi connectivity index (χ1v) is 9.91. The van der Waals surface area contributed by atoms with Crippen LogP contribution in [0.4, 0.5) is 20.4 Å². The number of carbonyl (C=O) groups is 1. The third kappa shape index (κ3) is 3.03. The van der Waals surface area contributed by atoms with Crippen molar-refractivity contribution in [2.75, 3.05) is 17.2 Å². The van der Waals surface area contributed by atoms with Crippen molar-refractivity contribution in [1.82, 2.24) is 24.9 Å². The normalized spacial score (nSPS) is 24.0. The van der Waals surface area contributed by atoms with Crippen molar-refractivity contribution in [3.8, 4) is 0 Å². The molecule has 2 aliphatic rings. The molecule has 1 unspecified atom stereocenters. The smallest absolute Gasteiger partial charge is 0.259 e. The Bertz CT molecular complexity index is 1150. The van der Waals surface area contributed by atoms with Gasteiger partial charge >= 0.3 is 0 Å². The van der Waals surface area contributed by atoms with Crippen molar-refractivity contribution in [3.05, 3.63) is 47.2 Å². The second-order valence-electron chi connectivity index (χ2n) is 7.92. The van der Waals surface area contributed by atoms with Gasteiger partial charge in [0.15, 0.2) is 11.5 Å². The molecule has 3 atom stereocenters. The first kappa shape index (κ1) is 18.7. The Morgan fingerprint density at radius 1 is 1.37 bits per heavy atom. The topological polar surface area (TPSA) is 101 Å². The van der Waals surface area contributed by atoms with E-state index >= 15 is 0 Å². The lowest BCUT2D eigenvalue weighted by Gasteiger charge is -2.27. The zero-order valence-electron chi connectivity index (χ0n) is 16.3. The van der Waals surface area contributed by atoms with Crippen molar-refractivity contribution < 1.29 is 13.6 Å². The molecule has 1 saturated heterocycles. The van der Waals surface area contributed by atoms with Gasteiger partial charge in [0, 0.05) is 24.4 Å². The summed E-state index contributed by atoms with van der Waals surface area (Å²) in [6.45, 7) is 1.99. The summed E-state index contributed by atoms with van der Waals surface area (Å²) in [5.74, 6) is -0.278. The Morgan fingerprint density at radius 2 is 2.20 bits per heavy atom. The molecule has 3 N–H and O–H groups in total. The lowest BCUT2D eigenvalue weighted by molar-refractivity contribution is 0.0940. The number of hydrogen-bond acceptors (Lipinski definition) is 6. The molecule has 2 bridgehead atoms. The highest BCUT2D eigenvalue weighted by atomic mass is 19.1. The predicted octanol–water partition coefficient (Wildman–Crippen LogP) is 2.20. The van der Waals surface area contributed by atoms with Gasteiger partial charge in [-0.3, -0.25) is 9.78 Å². The monoisotopic (exact) mass is 413 g/mol. The number of aromatic nitrogens is 4. The number of hydrogen-bond donors (Lipinski definition) is 2. The number of nitrogens with zero attached hydrogens (tertiary/aromatic N) is 5. The molecule has 0 radical (unpaired) electrons. The standard InChI is InChI=1S/C20H21F2N7O/c1-10-2-3-14-13(6-11(21)8-24-14)15-7-12(22)9-28(15)16-4-5-29-19(26-16)17(18(23)27-29)20(30)25-10/h4-6,8,10,12,15H,2-3,7,9H2,1H3,(H2,23,27)(H,25,30)/t10-,12+,15?/m0/s1. The number of rotatable bonds is 0. The van der Waals surface area contributed by atoms with Crippen LogP contribution >= 0.6 is 0 Å². The predicted molar refractivity (Wildman–Crippen MR) is 106 cm³/mol. The minimum absolute atomic E-state index is 0.0765. The lowest BCUT2D eigenvalue weighted by Crippen LogP contribution is -2.33. The minimum atomic E-state index is -1.09. The number of anilines is 2. The van der Waals surface area contributed by atoms with E-state index in [-0.39, 0.29) is 36.3 Å². The molecule has 30 heavy (non-hydrogen) atoms. The summed E-state index contributed by atoms with van der Waals surface area (Å²) >= 11 is 0. The average molecular weight is 413 g/mol. The molecule has 3 aromatic heterocycles. The molecular formula is C20H21F2N7O. The fraction of sp³-hybridized carbons (Fsp3) is 0.400. The highest BCUT2D eigenvalue weighted by molar-refractivity contribution is 6.04. The third-order valence-electron chi connectivity index (χ3n) is 5.79. The maximum absolute atomic E-state index is 14.5. The molecule has 1 fully saturated rings. The quantitative estimate of drug-likeness (QED) is 0.586. The number of nitrogen functional groups attached to an aromatic ring is 1. The van der Waals surface area contributed by atoms with E-state index in [1.807, 2.05) is 6.92 Å². The second-order valence-corrected chi connectivity index (χ2v) is 7.92. The van der Waals surface area contributed by atoms with Gasteiger partial charge in [0.2, 0.25) is 0 Å². The fourth-order valence-electron chi connectivity index (χ4n) is 4.35. The van der Waals surface area contributed by atoms with Crippen LogP contribution in [-0.2, 0) is 6.42 Å². The van der Waals surface area contributed by atoms with Crippen LogP contribution in [-0.4, -0.2) is 44.2 Å². The Kier molecular flexibility index (Phi) is 4.30. The molecule has 5 rings (SSSR count). The average Bonchev–Trinajstić information content (AvgIpc) is 3.24. The van der Waals surface area contributed by atoms with Crippen LogP contribution in [0.25, 0.3) is 5.65 Å². The summed E-state index contributed by atoms with van der Waals surface area (Å²) in [7, 11) is 0. The van der Waals surface area contributed by atoms with Crippen molar-refractivity contribution in [1.29, 1.82) is 0 Å². The summed E-state index contributed by atoms with van der Waals surface area (Å²) in [6, 6.07) is 2.53. The molecule has 2 aliphatic heterocycles. The molecule has 0 spiro atoms. The van der Waals surface area contributed by atoms with Gasteiger partial charge in [-0.15, -0.1) is 5.10 Å². The van der Waals surface area contributed by atoms with Crippen molar-refractivity contribution in [2.45, 2.75) is 44.4 Å². The molecule has 0 aliphatic carbocycles. The summed E-state index contributed by atoms with van der Waals surface area (Å²) in [5, 5.41) is 7.10. The van der Waals surface area contributed by atoms with Crippen molar-refractivity contribution in [2.24, 2.45) is 0 Å². The first-order chi connectivity index (χ1) is 14.4. The Hall–Kier alpha value is -3.30. The molecular weight excluding hydrogens is 392 g/mol. The summed E-state index contributed by atoms with van der Waals surface area (Å²) in [4.78, 5) is 23.6. The van der Waals surface area contributed by atoms with Gasteiger partial charge in [-0.05, 0) is 37.5 Å². The van der Waals surface area contributed by atoms with E-state index in [0.29, 0.717) is 35.6 Å². The van der Waals surface area contributed by atoms with Crippen LogP contribution in [0.5, 0.6) is 0 Å². The number of nitrogens with one attached hydrogen (secondary N) is 1. The minimum Gasteiger partial charge on any atom is -0.381 e. The van der Waals surface area contributed by atoms with E-state index in [4.69, 9.17) is 5.73 Å². The number of halogens is 2. The van der Waals surface area contributed by atoms with Gasteiger partial charge in [0.05, 0.1) is 18.8 Å². The van der Waals surface area contributed by atoms with E-state index in [9.17, 15) is 13.6 Å². The van der Waals surface area contributed by atoms with Crippen molar-refractivity contribution in [3.63, 3.8) is 0 Å². The number of nitrogens with two attached hydrogens (primary N) is 1. The summed E-state index contributed by atoms with van der Waals surface area (Å²) in [5.41, 5.74) is 7.84. The van der Waals surface area contributed by atoms with Crippen LogP contribution in [0.1, 0.15) is 47.4 Å². The van der Waals surface area contributed by atoms with Gasteiger partial charge in [-0.1, -0.05) is 0 Å². The Morgan fingerprint density at radius 3 is 3.03 bits per heavy atom. The van der Waals surface area contributed by atoms with Gasteiger partial charge in [-0.25, -0.2) is 18.3 Å². The summed E-state index contributed by atoms with van der Waals surface area (Å²) < 4.78 is 30.1. The van der Waals surface area contributed by atoms with Gasteiger partial charge in [0.1, 0.15) is 23.4 Å². The van der Waals surface area contributed by atoms with E-state index in [2.05, 4.69) is 20.4 Å². The van der Waals surface area contributed by atoms with Crippen LogP contribution in [0.3, 0.4) is 0 Å². The second kappa shape index (κ2) is 6.89. The van der Waals surface area contributed by atoms with Crippen molar-refractivity contribution >= 4 is 23.2 Å². The zero-order valence-corrected chi connectivity index (χ0v) is 16.3. The number of amides is 1. The molecule has 0 aromatic carbocycles. The molecule has 1 amide bonds. The lowest BCUT2D eigenvalue weighted by atomic mass is 9.98. The third-order valence-corrected chi connectivity index (χ3v) is 5.79. The highest BCUT2D eigenvalue weighted by Crippen LogP contribution is 2.38. The van der Waals surface area contributed by atoms with Crippen LogP contribution in [0.15, 0.2) is 24.5 Å². The molecule has 8 nitrogen and oxygen atoms in total. The van der Waals surface area contributed by atoms with Crippen LogP contribution < -0.4 is 16.0 Å². The number of pyridine rings is 1. The zero-order chi connectivity index (χ0) is 21.0. The maximum Gasteiger partial charge on any atom is 0.259 e. The Balaban J connectivity index is 1.72. The molecule has 10 heteroatoms.